The number of aromatic nitrogens is 5. The van der Waals surface area contributed by atoms with E-state index in [4.69, 9.17) is 11.6 Å². The van der Waals surface area contributed by atoms with E-state index >= 15 is 0 Å². The topological polar surface area (TPSA) is 71.2 Å². The van der Waals surface area contributed by atoms with Crippen molar-refractivity contribution in [1.82, 2.24) is 24.8 Å². The SMILES string of the molecule is CCc1nnc2ccc(N[C@H]3CCN(c4ncccc4Cl)C3)nn12. The summed E-state index contributed by atoms with van der Waals surface area (Å²) in [6, 6.07) is 7.90. The van der Waals surface area contributed by atoms with Crippen molar-refractivity contribution in [2.45, 2.75) is 25.8 Å². The average molecular weight is 344 g/mol. The second-order valence-corrected chi connectivity index (χ2v) is 6.25. The normalized spacial score (nSPS) is 17.6. The van der Waals surface area contributed by atoms with Crippen LogP contribution in [0.25, 0.3) is 5.65 Å². The van der Waals surface area contributed by atoms with E-state index in [2.05, 4.69) is 30.5 Å². The molecule has 1 N–H and O–H groups in total. The maximum atomic E-state index is 6.24. The van der Waals surface area contributed by atoms with Crippen molar-refractivity contribution < 1.29 is 0 Å². The van der Waals surface area contributed by atoms with Gasteiger partial charge in [-0.15, -0.1) is 15.3 Å². The molecule has 0 amide bonds. The number of halogens is 1. The number of hydrogen-bond donors (Lipinski definition) is 1. The summed E-state index contributed by atoms with van der Waals surface area (Å²) in [5, 5.41) is 17.0. The van der Waals surface area contributed by atoms with E-state index in [1.165, 1.54) is 0 Å². The summed E-state index contributed by atoms with van der Waals surface area (Å²) in [6.45, 7) is 3.81. The molecule has 0 unspecified atom stereocenters. The number of fused-ring (bicyclic) bond motifs is 1. The molecule has 0 aromatic carbocycles. The van der Waals surface area contributed by atoms with E-state index in [0.29, 0.717) is 11.1 Å². The van der Waals surface area contributed by atoms with Gasteiger partial charge in [-0.2, -0.15) is 4.52 Å². The van der Waals surface area contributed by atoms with Crippen molar-refractivity contribution in [1.29, 1.82) is 0 Å². The minimum absolute atomic E-state index is 0.301. The van der Waals surface area contributed by atoms with Crippen LogP contribution in [-0.4, -0.2) is 43.9 Å². The maximum Gasteiger partial charge on any atom is 0.178 e. The van der Waals surface area contributed by atoms with Crippen LogP contribution < -0.4 is 10.2 Å². The van der Waals surface area contributed by atoms with Gasteiger partial charge in [-0.05, 0) is 30.7 Å². The summed E-state index contributed by atoms with van der Waals surface area (Å²) < 4.78 is 1.80. The number of nitrogens with one attached hydrogen (secondary N) is 1. The highest BCUT2D eigenvalue weighted by Crippen LogP contribution is 2.26. The van der Waals surface area contributed by atoms with E-state index in [-0.39, 0.29) is 0 Å². The summed E-state index contributed by atoms with van der Waals surface area (Å²) in [5.74, 6) is 2.54. The molecule has 0 radical (unpaired) electrons. The Morgan fingerprint density at radius 2 is 2.21 bits per heavy atom. The summed E-state index contributed by atoms with van der Waals surface area (Å²) in [4.78, 5) is 6.59. The van der Waals surface area contributed by atoms with Crippen molar-refractivity contribution in [2.24, 2.45) is 0 Å². The molecule has 1 aliphatic rings. The zero-order chi connectivity index (χ0) is 16.5. The molecule has 0 spiro atoms. The minimum atomic E-state index is 0.301. The van der Waals surface area contributed by atoms with Gasteiger partial charge in [0.2, 0.25) is 0 Å². The Labute approximate surface area is 144 Å². The van der Waals surface area contributed by atoms with Crippen LogP contribution in [0.15, 0.2) is 30.5 Å². The third kappa shape index (κ3) is 2.75. The molecule has 3 aromatic heterocycles. The first-order chi connectivity index (χ1) is 11.7. The zero-order valence-corrected chi connectivity index (χ0v) is 14.1. The Morgan fingerprint density at radius 3 is 3.04 bits per heavy atom. The predicted octanol–water partition coefficient (Wildman–Crippen LogP) is 2.43. The Hall–Kier alpha value is -2.41. The first-order valence-corrected chi connectivity index (χ1v) is 8.45. The smallest absolute Gasteiger partial charge is 0.178 e. The van der Waals surface area contributed by atoms with Gasteiger partial charge in [0.15, 0.2) is 11.5 Å². The van der Waals surface area contributed by atoms with E-state index in [1.54, 1.807) is 10.7 Å². The van der Waals surface area contributed by atoms with E-state index in [0.717, 1.165) is 49.0 Å². The number of rotatable bonds is 4. The molecule has 7 nitrogen and oxygen atoms in total. The molecule has 0 saturated carbocycles. The number of hydrogen-bond acceptors (Lipinski definition) is 6. The molecule has 4 rings (SSSR count). The van der Waals surface area contributed by atoms with Gasteiger partial charge in [0.1, 0.15) is 11.6 Å². The summed E-state index contributed by atoms with van der Waals surface area (Å²) in [6.07, 6.45) is 3.58. The van der Waals surface area contributed by atoms with Crippen LogP contribution >= 0.6 is 11.6 Å². The molecule has 0 aliphatic carbocycles. The molecule has 1 saturated heterocycles. The van der Waals surface area contributed by atoms with Gasteiger partial charge < -0.3 is 10.2 Å². The van der Waals surface area contributed by atoms with Crippen LogP contribution in [0.1, 0.15) is 19.2 Å². The van der Waals surface area contributed by atoms with Crippen LogP contribution in [0.3, 0.4) is 0 Å². The van der Waals surface area contributed by atoms with Crippen molar-refractivity contribution in [3.8, 4) is 0 Å². The lowest BCUT2D eigenvalue weighted by Gasteiger charge is -2.19. The fraction of sp³-hybridized carbons (Fsp3) is 0.375. The lowest BCUT2D eigenvalue weighted by Crippen LogP contribution is -2.27. The van der Waals surface area contributed by atoms with Gasteiger partial charge in [0.05, 0.1) is 5.02 Å². The van der Waals surface area contributed by atoms with Gasteiger partial charge >= 0.3 is 0 Å². The molecule has 0 bridgehead atoms. The maximum absolute atomic E-state index is 6.24. The van der Waals surface area contributed by atoms with E-state index in [1.807, 2.05) is 31.2 Å². The monoisotopic (exact) mass is 343 g/mol. The van der Waals surface area contributed by atoms with Crippen molar-refractivity contribution in [3.05, 3.63) is 41.3 Å². The molecular weight excluding hydrogens is 326 g/mol. The number of anilines is 2. The summed E-state index contributed by atoms with van der Waals surface area (Å²) >= 11 is 6.24. The van der Waals surface area contributed by atoms with Crippen molar-refractivity contribution in [3.63, 3.8) is 0 Å². The highest BCUT2D eigenvalue weighted by Gasteiger charge is 2.25. The largest absolute Gasteiger partial charge is 0.364 e. The van der Waals surface area contributed by atoms with Crippen LogP contribution in [0.4, 0.5) is 11.6 Å². The van der Waals surface area contributed by atoms with E-state index < -0.39 is 0 Å². The fourth-order valence-electron chi connectivity index (χ4n) is 3.02. The highest BCUT2D eigenvalue weighted by atomic mass is 35.5. The van der Waals surface area contributed by atoms with Gasteiger partial charge in [0.25, 0.3) is 0 Å². The van der Waals surface area contributed by atoms with Gasteiger partial charge in [0, 0.05) is 31.7 Å². The summed E-state index contributed by atoms with van der Waals surface area (Å²) in [7, 11) is 0. The fourth-order valence-corrected chi connectivity index (χ4v) is 3.26. The lowest BCUT2D eigenvalue weighted by atomic mass is 10.2. The molecule has 8 heteroatoms. The van der Waals surface area contributed by atoms with Gasteiger partial charge in [-0.25, -0.2) is 4.98 Å². The lowest BCUT2D eigenvalue weighted by molar-refractivity contribution is 0.774. The van der Waals surface area contributed by atoms with Gasteiger partial charge in [-0.1, -0.05) is 18.5 Å². The summed E-state index contributed by atoms with van der Waals surface area (Å²) in [5.41, 5.74) is 0.769. The highest BCUT2D eigenvalue weighted by molar-refractivity contribution is 6.32. The zero-order valence-electron chi connectivity index (χ0n) is 13.4. The standard InChI is InChI=1S/C16H18ClN7/c1-2-14-20-21-15-6-5-13(22-24(14)15)19-11-7-9-23(10-11)16-12(17)4-3-8-18-16/h3-6,8,11H,2,7,9-10H2,1H3,(H,19,22)/t11-/m0/s1. The second kappa shape index (κ2) is 6.24. The van der Waals surface area contributed by atoms with Crippen LogP contribution in [0.2, 0.25) is 5.02 Å². The first-order valence-electron chi connectivity index (χ1n) is 8.08. The van der Waals surface area contributed by atoms with Gasteiger partial charge in [-0.3, -0.25) is 0 Å². The third-order valence-electron chi connectivity index (χ3n) is 4.22. The molecule has 3 aromatic rings. The first kappa shape index (κ1) is 15.1. The quantitative estimate of drug-likeness (QED) is 0.784. The molecule has 1 atom stereocenters. The molecule has 24 heavy (non-hydrogen) atoms. The van der Waals surface area contributed by atoms with Crippen molar-refractivity contribution in [2.75, 3.05) is 23.3 Å². The molecular formula is C16H18ClN7. The van der Waals surface area contributed by atoms with Crippen LogP contribution in [0, 0.1) is 0 Å². The van der Waals surface area contributed by atoms with Crippen molar-refractivity contribution >= 4 is 28.9 Å². The molecule has 1 aliphatic heterocycles. The van der Waals surface area contributed by atoms with E-state index in [9.17, 15) is 0 Å². The predicted molar refractivity (Wildman–Crippen MR) is 93.6 cm³/mol. The Bertz CT molecular complexity index is 863. The molecule has 1 fully saturated rings. The molecule has 124 valence electrons. The third-order valence-corrected chi connectivity index (χ3v) is 4.52. The number of nitrogens with zero attached hydrogens (tertiary/aromatic N) is 6. The van der Waals surface area contributed by atoms with Crippen LogP contribution in [0.5, 0.6) is 0 Å². The minimum Gasteiger partial charge on any atom is -0.364 e. The Morgan fingerprint density at radius 1 is 1.29 bits per heavy atom. The second-order valence-electron chi connectivity index (χ2n) is 5.84. The molecule has 4 heterocycles. The number of pyridine rings is 1. The van der Waals surface area contributed by atoms with Crippen LogP contribution in [-0.2, 0) is 6.42 Å². The number of aryl methyl sites for hydroxylation is 1. The average Bonchev–Trinajstić information content (AvgIpc) is 3.21. The Balaban J connectivity index is 1.49. The Kier molecular flexibility index (Phi) is 3.93.